The van der Waals surface area contributed by atoms with E-state index in [9.17, 15) is 9.59 Å². The van der Waals surface area contributed by atoms with Gasteiger partial charge in [-0.3, -0.25) is 4.79 Å². The van der Waals surface area contributed by atoms with Gasteiger partial charge in [0.2, 0.25) is 5.91 Å². The smallest absolute Gasteiger partial charge is 0.345 e. The third-order valence-electron chi connectivity index (χ3n) is 2.98. The number of rotatable bonds is 3. The third-order valence-corrected chi connectivity index (χ3v) is 3.93. The molecule has 102 valence electrons. The highest BCUT2D eigenvalue weighted by atomic mass is 32.1. The van der Waals surface area contributed by atoms with E-state index in [4.69, 9.17) is 9.84 Å². The van der Waals surface area contributed by atoms with Gasteiger partial charge in [-0.15, -0.1) is 0 Å². The molecular weight excluding hydrogens is 278 g/mol. The van der Waals surface area contributed by atoms with Gasteiger partial charge in [-0.25, -0.2) is 4.79 Å². The number of benzene rings is 1. The minimum atomic E-state index is -0.960. The molecule has 1 aromatic carbocycles. The van der Waals surface area contributed by atoms with Gasteiger partial charge in [-0.05, 0) is 42.3 Å². The van der Waals surface area contributed by atoms with E-state index in [-0.39, 0.29) is 10.8 Å². The van der Waals surface area contributed by atoms with Crippen LogP contribution in [0.3, 0.4) is 0 Å². The minimum absolute atomic E-state index is 0.0236. The van der Waals surface area contributed by atoms with Gasteiger partial charge in [0.25, 0.3) is 0 Å². The van der Waals surface area contributed by atoms with Crippen molar-refractivity contribution in [1.82, 2.24) is 0 Å². The van der Waals surface area contributed by atoms with Crippen LogP contribution >= 0.6 is 11.3 Å². The molecule has 2 N–H and O–H groups in total. The van der Waals surface area contributed by atoms with Crippen LogP contribution in [0.1, 0.15) is 21.7 Å². The normalized spacial score (nSPS) is 13.5. The summed E-state index contributed by atoms with van der Waals surface area (Å²) in [5.74, 6) is -0.299. The number of hydrogen-bond donors (Lipinski definition) is 2. The Labute approximate surface area is 118 Å². The van der Waals surface area contributed by atoms with Crippen LogP contribution in [0.4, 0.5) is 5.69 Å². The molecule has 2 heterocycles. The lowest BCUT2D eigenvalue weighted by molar-refractivity contribution is -0.116. The number of fused-ring (bicyclic) bond motifs is 1. The summed E-state index contributed by atoms with van der Waals surface area (Å²) in [4.78, 5) is 22.3. The Balaban J connectivity index is 1.80. The second kappa shape index (κ2) is 4.97. The van der Waals surface area contributed by atoms with Crippen molar-refractivity contribution in [2.24, 2.45) is 0 Å². The number of carbonyl (C=O) groups excluding carboxylic acids is 1. The van der Waals surface area contributed by atoms with Crippen LogP contribution in [0.15, 0.2) is 30.3 Å². The SMILES string of the molecule is O=C1CCc2cc(Oc3ccc(C(=O)O)s3)ccc2N1. The predicted octanol–water partition coefficient (Wildman–Crippen LogP) is 3.12. The molecule has 6 heteroatoms. The molecule has 0 aliphatic carbocycles. The van der Waals surface area contributed by atoms with Crippen LogP contribution in [0.2, 0.25) is 0 Å². The number of carbonyl (C=O) groups is 2. The number of carboxylic acid groups (broad SMARTS) is 1. The van der Waals surface area contributed by atoms with Crippen LogP contribution in [0.25, 0.3) is 0 Å². The zero-order chi connectivity index (χ0) is 14.1. The Morgan fingerprint density at radius 1 is 1.25 bits per heavy atom. The lowest BCUT2D eigenvalue weighted by Crippen LogP contribution is -2.18. The van der Waals surface area contributed by atoms with Crippen molar-refractivity contribution in [1.29, 1.82) is 0 Å². The van der Waals surface area contributed by atoms with E-state index in [0.29, 0.717) is 23.7 Å². The Morgan fingerprint density at radius 3 is 2.85 bits per heavy atom. The van der Waals surface area contributed by atoms with Crippen molar-refractivity contribution >= 4 is 28.9 Å². The quantitative estimate of drug-likeness (QED) is 0.910. The monoisotopic (exact) mass is 289 g/mol. The molecule has 0 radical (unpaired) electrons. The van der Waals surface area contributed by atoms with E-state index in [0.717, 1.165) is 22.6 Å². The molecule has 0 atom stereocenters. The predicted molar refractivity (Wildman–Crippen MR) is 74.7 cm³/mol. The van der Waals surface area contributed by atoms with Crippen molar-refractivity contribution in [3.8, 4) is 10.8 Å². The van der Waals surface area contributed by atoms with Gasteiger partial charge in [-0.1, -0.05) is 11.3 Å². The van der Waals surface area contributed by atoms with Crippen LogP contribution in [-0.4, -0.2) is 17.0 Å². The Bertz CT molecular complexity index is 692. The number of anilines is 1. The average molecular weight is 289 g/mol. The van der Waals surface area contributed by atoms with Crippen molar-refractivity contribution < 1.29 is 19.4 Å². The van der Waals surface area contributed by atoms with Gasteiger partial charge in [0.15, 0.2) is 5.06 Å². The second-order valence-electron chi connectivity index (χ2n) is 4.39. The number of nitrogens with one attached hydrogen (secondary N) is 1. The molecule has 20 heavy (non-hydrogen) atoms. The molecule has 1 aromatic heterocycles. The second-order valence-corrected chi connectivity index (χ2v) is 5.44. The number of hydrogen-bond acceptors (Lipinski definition) is 4. The summed E-state index contributed by atoms with van der Waals surface area (Å²) in [6.45, 7) is 0. The van der Waals surface area contributed by atoms with E-state index in [1.54, 1.807) is 18.2 Å². The van der Waals surface area contributed by atoms with E-state index in [1.807, 2.05) is 6.07 Å². The van der Waals surface area contributed by atoms with E-state index < -0.39 is 5.97 Å². The third kappa shape index (κ3) is 2.50. The minimum Gasteiger partial charge on any atom is -0.477 e. The molecular formula is C14H11NO4S. The number of amides is 1. The Kier molecular flexibility index (Phi) is 3.15. The molecule has 1 aliphatic rings. The summed E-state index contributed by atoms with van der Waals surface area (Å²) < 4.78 is 5.64. The standard InChI is InChI=1S/C14H11NO4S/c16-12-5-1-8-7-9(2-3-10(8)15-12)19-13-6-4-11(20-13)14(17)18/h2-4,6-7H,1,5H2,(H,15,16)(H,17,18). The summed E-state index contributed by atoms with van der Waals surface area (Å²) in [5, 5.41) is 12.2. The first-order valence-corrected chi connectivity index (χ1v) is 6.87. The fraction of sp³-hybridized carbons (Fsp3) is 0.143. The number of aryl methyl sites for hydroxylation is 1. The van der Waals surface area contributed by atoms with Gasteiger partial charge >= 0.3 is 5.97 Å². The maximum absolute atomic E-state index is 11.3. The van der Waals surface area contributed by atoms with Gasteiger partial charge in [0.05, 0.1) is 0 Å². The first-order valence-electron chi connectivity index (χ1n) is 6.05. The fourth-order valence-electron chi connectivity index (χ4n) is 2.03. The summed E-state index contributed by atoms with van der Waals surface area (Å²) in [6.07, 6.45) is 1.15. The molecule has 1 amide bonds. The number of carboxylic acids is 1. The van der Waals surface area contributed by atoms with Gasteiger partial charge in [0.1, 0.15) is 10.6 Å². The van der Waals surface area contributed by atoms with Gasteiger partial charge < -0.3 is 15.2 Å². The molecule has 5 nitrogen and oxygen atoms in total. The van der Waals surface area contributed by atoms with E-state index in [2.05, 4.69) is 5.32 Å². The molecule has 0 fully saturated rings. The Morgan fingerprint density at radius 2 is 2.10 bits per heavy atom. The van der Waals surface area contributed by atoms with Crippen molar-refractivity contribution in [3.63, 3.8) is 0 Å². The highest BCUT2D eigenvalue weighted by Gasteiger charge is 2.15. The van der Waals surface area contributed by atoms with E-state index in [1.165, 1.54) is 6.07 Å². The van der Waals surface area contributed by atoms with Crippen molar-refractivity contribution in [2.75, 3.05) is 5.32 Å². The molecule has 0 bridgehead atoms. The summed E-state index contributed by atoms with van der Waals surface area (Å²) >= 11 is 1.08. The average Bonchev–Trinajstić information content (AvgIpc) is 2.88. The highest BCUT2D eigenvalue weighted by molar-refractivity contribution is 7.15. The number of aromatic carboxylic acids is 1. The molecule has 2 aromatic rings. The maximum Gasteiger partial charge on any atom is 0.345 e. The summed E-state index contributed by atoms with van der Waals surface area (Å²) in [6, 6.07) is 8.57. The molecule has 3 rings (SSSR count). The first kappa shape index (κ1) is 12.7. The van der Waals surface area contributed by atoms with Crippen LogP contribution < -0.4 is 10.1 Å². The highest BCUT2D eigenvalue weighted by Crippen LogP contribution is 2.32. The maximum atomic E-state index is 11.3. The van der Waals surface area contributed by atoms with E-state index >= 15 is 0 Å². The molecule has 1 aliphatic heterocycles. The van der Waals surface area contributed by atoms with Gasteiger partial charge in [0, 0.05) is 12.1 Å². The zero-order valence-corrected chi connectivity index (χ0v) is 11.2. The number of ether oxygens (including phenoxy) is 1. The fourth-order valence-corrected chi connectivity index (χ4v) is 2.74. The lowest BCUT2D eigenvalue weighted by Gasteiger charge is -2.17. The molecule has 0 saturated carbocycles. The summed E-state index contributed by atoms with van der Waals surface area (Å²) in [5.41, 5.74) is 1.84. The number of thiophene rings is 1. The van der Waals surface area contributed by atoms with Crippen LogP contribution in [0, 0.1) is 0 Å². The first-order chi connectivity index (χ1) is 9.61. The Hall–Kier alpha value is -2.34. The topological polar surface area (TPSA) is 75.6 Å². The molecule has 0 saturated heterocycles. The van der Waals surface area contributed by atoms with Crippen molar-refractivity contribution in [3.05, 3.63) is 40.8 Å². The lowest BCUT2D eigenvalue weighted by atomic mass is 10.0. The van der Waals surface area contributed by atoms with Crippen LogP contribution in [-0.2, 0) is 11.2 Å². The largest absolute Gasteiger partial charge is 0.477 e. The molecule has 0 spiro atoms. The van der Waals surface area contributed by atoms with Crippen LogP contribution in [0.5, 0.6) is 10.8 Å². The summed E-state index contributed by atoms with van der Waals surface area (Å²) in [7, 11) is 0. The zero-order valence-electron chi connectivity index (χ0n) is 10.4. The molecule has 0 unspecified atom stereocenters. The van der Waals surface area contributed by atoms with Gasteiger partial charge in [-0.2, -0.15) is 0 Å². The van der Waals surface area contributed by atoms with Crippen molar-refractivity contribution in [2.45, 2.75) is 12.8 Å².